The number of carboxylic acid groups (broad SMARTS) is 1. The minimum Gasteiger partial charge on any atom is -0.481 e. The van der Waals surface area contributed by atoms with Crippen LogP contribution >= 0.6 is 0 Å². The summed E-state index contributed by atoms with van der Waals surface area (Å²) in [7, 11) is -3.63. The lowest BCUT2D eigenvalue weighted by atomic mass is 9.74. The van der Waals surface area contributed by atoms with Crippen molar-refractivity contribution in [3.8, 4) is 0 Å². The van der Waals surface area contributed by atoms with Gasteiger partial charge in [-0.05, 0) is 56.7 Å². The molecule has 0 spiro atoms. The Morgan fingerprint density at radius 3 is 2.37 bits per heavy atom. The van der Waals surface area contributed by atoms with Crippen molar-refractivity contribution in [3.05, 3.63) is 29.3 Å². The van der Waals surface area contributed by atoms with Gasteiger partial charge in [0.05, 0.1) is 16.9 Å². The van der Waals surface area contributed by atoms with E-state index in [1.54, 1.807) is 13.0 Å². The molecule has 1 aromatic carbocycles. The molecule has 1 aliphatic heterocycles. The highest BCUT2D eigenvalue weighted by Gasteiger charge is 2.40. The molecule has 2 N–H and O–H groups in total. The van der Waals surface area contributed by atoms with E-state index in [9.17, 15) is 18.0 Å². The lowest BCUT2D eigenvalue weighted by molar-refractivity contribution is -0.139. The van der Waals surface area contributed by atoms with Crippen LogP contribution in [0.15, 0.2) is 23.1 Å². The monoisotopic (exact) mass is 394 g/mol. The summed E-state index contributed by atoms with van der Waals surface area (Å²) in [4.78, 5) is 24.0. The minimum absolute atomic E-state index is 0.112. The van der Waals surface area contributed by atoms with Crippen molar-refractivity contribution in [1.82, 2.24) is 9.62 Å². The molecule has 148 valence electrons. The molecule has 0 radical (unpaired) electrons. The fourth-order valence-corrected chi connectivity index (χ4v) is 5.35. The van der Waals surface area contributed by atoms with Crippen LogP contribution in [0.4, 0.5) is 0 Å². The van der Waals surface area contributed by atoms with E-state index in [0.29, 0.717) is 31.5 Å². The maximum Gasteiger partial charge on any atom is 0.305 e. The Kier molecular flexibility index (Phi) is 5.58. The van der Waals surface area contributed by atoms with E-state index < -0.39 is 27.4 Å². The van der Waals surface area contributed by atoms with E-state index in [1.807, 2.05) is 0 Å². The van der Waals surface area contributed by atoms with Crippen molar-refractivity contribution in [2.45, 2.75) is 62.3 Å². The van der Waals surface area contributed by atoms with Crippen LogP contribution in [-0.4, -0.2) is 48.3 Å². The lowest BCUT2D eigenvalue weighted by Crippen LogP contribution is -2.54. The van der Waals surface area contributed by atoms with Crippen molar-refractivity contribution < 1.29 is 23.1 Å². The zero-order valence-electron chi connectivity index (χ0n) is 15.5. The van der Waals surface area contributed by atoms with Crippen molar-refractivity contribution in [3.63, 3.8) is 0 Å². The van der Waals surface area contributed by atoms with Crippen LogP contribution in [-0.2, 0) is 14.8 Å². The molecule has 0 aromatic heterocycles. The molecule has 27 heavy (non-hydrogen) atoms. The van der Waals surface area contributed by atoms with Crippen LogP contribution in [0.2, 0.25) is 0 Å². The molecule has 0 bridgehead atoms. The molecule has 0 unspecified atom stereocenters. The van der Waals surface area contributed by atoms with Gasteiger partial charge in [0.1, 0.15) is 0 Å². The lowest BCUT2D eigenvalue weighted by Gasteiger charge is -2.41. The van der Waals surface area contributed by atoms with Crippen LogP contribution in [0.1, 0.15) is 60.9 Å². The van der Waals surface area contributed by atoms with E-state index in [1.165, 1.54) is 16.4 Å². The van der Waals surface area contributed by atoms with Gasteiger partial charge in [0.25, 0.3) is 5.91 Å². The second-order valence-electron chi connectivity index (χ2n) is 7.60. The number of sulfonamides is 1. The third-order valence-corrected chi connectivity index (χ3v) is 7.48. The van der Waals surface area contributed by atoms with E-state index >= 15 is 0 Å². The van der Waals surface area contributed by atoms with Gasteiger partial charge >= 0.3 is 5.97 Å². The summed E-state index contributed by atoms with van der Waals surface area (Å²) in [6.07, 6.45) is 4.71. The Balaban J connectivity index is 1.84. The van der Waals surface area contributed by atoms with Crippen molar-refractivity contribution in [1.29, 1.82) is 0 Å². The molecular formula is C19H26N2O5S. The molecule has 2 aliphatic rings. The number of rotatable bonds is 6. The molecule has 1 amide bonds. The smallest absolute Gasteiger partial charge is 0.305 e. The highest BCUT2D eigenvalue weighted by atomic mass is 32.2. The minimum atomic E-state index is -3.63. The number of hydrogen-bond donors (Lipinski definition) is 2. The Bertz CT molecular complexity index is 840. The average Bonchev–Trinajstić information content (AvgIpc) is 2.60. The fraction of sp³-hybridized carbons (Fsp3) is 0.579. The Morgan fingerprint density at radius 2 is 1.81 bits per heavy atom. The van der Waals surface area contributed by atoms with Gasteiger partial charge in [0.2, 0.25) is 10.0 Å². The van der Waals surface area contributed by atoms with Crippen molar-refractivity contribution in [2.75, 3.05) is 13.1 Å². The van der Waals surface area contributed by atoms with Gasteiger partial charge < -0.3 is 10.4 Å². The van der Waals surface area contributed by atoms with Gasteiger partial charge in [-0.2, -0.15) is 4.31 Å². The number of amides is 1. The predicted molar refractivity (Wildman–Crippen MR) is 100 cm³/mol. The van der Waals surface area contributed by atoms with E-state index in [2.05, 4.69) is 5.32 Å². The summed E-state index contributed by atoms with van der Waals surface area (Å²) in [6.45, 7) is 2.75. The van der Waals surface area contributed by atoms with Crippen molar-refractivity contribution in [2.24, 2.45) is 0 Å². The molecule has 7 nitrogen and oxygen atoms in total. The summed E-state index contributed by atoms with van der Waals surface area (Å²) in [5.74, 6) is -1.36. The second kappa shape index (κ2) is 7.59. The first-order valence-electron chi connectivity index (χ1n) is 9.39. The summed E-state index contributed by atoms with van der Waals surface area (Å²) in [6, 6.07) is 4.59. The second-order valence-corrected chi connectivity index (χ2v) is 9.54. The predicted octanol–water partition coefficient (Wildman–Crippen LogP) is 2.30. The summed E-state index contributed by atoms with van der Waals surface area (Å²) in [5, 5.41) is 12.0. The summed E-state index contributed by atoms with van der Waals surface area (Å²) < 4.78 is 27.2. The van der Waals surface area contributed by atoms with Crippen molar-refractivity contribution >= 4 is 21.9 Å². The Hall–Kier alpha value is -1.93. The van der Waals surface area contributed by atoms with Gasteiger partial charge in [-0.1, -0.05) is 12.5 Å². The molecule has 1 aliphatic carbocycles. The Labute approximate surface area is 159 Å². The molecule has 1 saturated heterocycles. The number of benzene rings is 1. The van der Waals surface area contributed by atoms with Crippen LogP contribution in [0, 0.1) is 6.92 Å². The number of aryl methyl sites for hydroxylation is 1. The molecule has 3 rings (SSSR count). The molecule has 0 atom stereocenters. The molecule has 2 fully saturated rings. The first kappa shape index (κ1) is 19.8. The number of aliphatic carboxylic acids is 1. The standard InChI is InChI=1S/C19H26N2O5S/c1-14-6-7-15(27(25,26)21-10-3-2-4-11-21)12-16(14)18(24)20-19(8-5-9-19)13-17(22)23/h6-7,12H,2-5,8-11,13H2,1H3,(H,20,24)(H,22,23). The normalized spacial score (nSPS) is 19.9. The van der Waals surface area contributed by atoms with E-state index in [4.69, 9.17) is 5.11 Å². The number of carbonyl (C=O) groups excluding carboxylic acids is 1. The molecule has 1 aromatic rings. The summed E-state index contributed by atoms with van der Waals surface area (Å²) >= 11 is 0. The number of nitrogens with one attached hydrogen (secondary N) is 1. The third-order valence-electron chi connectivity index (χ3n) is 5.59. The SMILES string of the molecule is Cc1ccc(S(=O)(=O)N2CCCCC2)cc1C(=O)NC1(CC(=O)O)CCC1. The zero-order valence-corrected chi connectivity index (χ0v) is 16.3. The number of carbonyl (C=O) groups is 2. The molecule has 1 heterocycles. The van der Waals surface area contributed by atoms with Crippen LogP contribution in [0.25, 0.3) is 0 Å². The van der Waals surface area contributed by atoms with E-state index in [0.717, 1.165) is 25.7 Å². The number of hydrogen-bond acceptors (Lipinski definition) is 4. The van der Waals surface area contributed by atoms with Gasteiger partial charge in [-0.15, -0.1) is 0 Å². The van der Waals surface area contributed by atoms with Crippen LogP contribution in [0.3, 0.4) is 0 Å². The van der Waals surface area contributed by atoms with E-state index in [-0.39, 0.29) is 16.9 Å². The zero-order chi connectivity index (χ0) is 19.7. The number of carboxylic acids is 1. The maximum atomic E-state index is 12.9. The fourth-order valence-electron chi connectivity index (χ4n) is 3.81. The van der Waals surface area contributed by atoms with Gasteiger partial charge in [0, 0.05) is 18.7 Å². The molecular weight excluding hydrogens is 368 g/mol. The Morgan fingerprint density at radius 1 is 1.15 bits per heavy atom. The topological polar surface area (TPSA) is 104 Å². The first-order chi connectivity index (χ1) is 12.7. The van der Waals surface area contributed by atoms with Crippen LogP contribution in [0.5, 0.6) is 0 Å². The third kappa shape index (κ3) is 4.16. The highest BCUT2D eigenvalue weighted by Crippen LogP contribution is 2.35. The molecule has 8 heteroatoms. The van der Waals surface area contributed by atoms with Gasteiger partial charge in [-0.25, -0.2) is 8.42 Å². The highest BCUT2D eigenvalue weighted by molar-refractivity contribution is 7.89. The first-order valence-corrected chi connectivity index (χ1v) is 10.8. The average molecular weight is 394 g/mol. The van der Waals surface area contributed by atoms with Gasteiger partial charge in [0.15, 0.2) is 0 Å². The largest absolute Gasteiger partial charge is 0.481 e. The quantitative estimate of drug-likeness (QED) is 0.770. The summed E-state index contributed by atoms with van der Waals surface area (Å²) in [5.41, 5.74) is 0.219. The number of piperidine rings is 1. The molecule has 1 saturated carbocycles. The van der Waals surface area contributed by atoms with Gasteiger partial charge in [-0.3, -0.25) is 9.59 Å². The van der Waals surface area contributed by atoms with Crippen LogP contribution < -0.4 is 5.32 Å². The number of nitrogens with zero attached hydrogens (tertiary/aromatic N) is 1. The maximum absolute atomic E-state index is 12.9.